The molecule has 0 unspecified atom stereocenters. The van der Waals surface area contributed by atoms with Crippen LogP contribution in [0.15, 0.2) is 54.6 Å². The van der Waals surface area contributed by atoms with E-state index >= 15 is 0 Å². The topological polar surface area (TPSA) is 34.5 Å². The highest BCUT2D eigenvalue weighted by Gasteiger charge is 2.26. The monoisotopic (exact) mass is 348 g/mol. The average Bonchev–Trinajstić information content (AvgIpc) is 3.04. The number of aryl methyl sites for hydroxylation is 1. The Balaban J connectivity index is 1.48. The quantitative estimate of drug-likeness (QED) is 0.711. The number of carbonyl (C=O) groups is 1. The molecule has 4 rings (SSSR count). The second-order valence-electron chi connectivity index (χ2n) is 6.99. The van der Waals surface area contributed by atoms with Crippen LogP contribution in [-0.2, 0) is 7.05 Å². The molecule has 1 fully saturated rings. The van der Waals surface area contributed by atoms with Gasteiger partial charge in [-0.3, -0.25) is 4.79 Å². The molecule has 0 spiro atoms. The van der Waals surface area contributed by atoms with Crippen LogP contribution in [0.3, 0.4) is 0 Å². The molecule has 0 N–H and O–H groups in total. The number of hydrogen-bond acceptors (Lipinski definition) is 2. The molecule has 134 valence electrons. The third-order valence-corrected chi connectivity index (χ3v) is 5.51. The number of nitrogens with zero attached hydrogens (tertiary/aromatic N) is 2. The van der Waals surface area contributed by atoms with Gasteiger partial charge < -0.3 is 14.2 Å². The summed E-state index contributed by atoms with van der Waals surface area (Å²) < 4.78 is 7.54. The molecule has 2 aromatic carbocycles. The zero-order chi connectivity index (χ0) is 18.1. The maximum absolute atomic E-state index is 12.8. The number of carbonyl (C=O) groups excluding carboxylic acids is 1. The van der Waals surface area contributed by atoms with Crippen LogP contribution in [0, 0.1) is 0 Å². The number of piperidine rings is 1. The van der Waals surface area contributed by atoms with Crippen molar-refractivity contribution < 1.29 is 9.53 Å². The molecule has 26 heavy (non-hydrogen) atoms. The Labute approximate surface area is 154 Å². The van der Waals surface area contributed by atoms with Crippen LogP contribution in [-0.4, -0.2) is 35.6 Å². The number of hydrogen-bond donors (Lipinski definition) is 0. The lowest BCUT2D eigenvalue weighted by atomic mass is 9.93. The van der Waals surface area contributed by atoms with E-state index in [1.165, 1.54) is 16.6 Å². The summed E-state index contributed by atoms with van der Waals surface area (Å²) in [6.45, 7) is 1.59. The van der Waals surface area contributed by atoms with Crippen molar-refractivity contribution in [3.05, 3.63) is 65.9 Å². The van der Waals surface area contributed by atoms with E-state index in [2.05, 4.69) is 41.9 Å². The Hall–Kier alpha value is -2.75. The van der Waals surface area contributed by atoms with Gasteiger partial charge in [-0.25, -0.2) is 0 Å². The molecule has 0 atom stereocenters. The first-order valence-corrected chi connectivity index (χ1v) is 9.15. The van der Waals surface area contributed by atoms with Gasteiger partial charge in [-0.1, -0.05) is 24.3 Å². The third kappa shape index (κ3) is 2.96. The Morgan fingerprint density at radius 1 is 1.04 bits per heavy atom. The van der Waals surface area contributed by atoms with Gasteiger partial charge in [0, 0.05) is 42.8 Å². The summed E-state index contributed by atoms with van der Waals surface area (Å²) in [5.74, 6) is 1.32. The molecule has 1 amide bonds. The molecular weight excluding hydrogens is 324 g/mol. The number of aromatic nitrogens is 1. The fourth-order valence-corrected chi connectivity index (χ4v) is 4.02. The maximum atomic E-state index is 12.8. The molecular formula is C22H24N2O2. The summed E-state index contributed by atoms with van der Waals surface area (Å²) >= 11 is 0. The molecule has 0 bridgehead atoms. The number of likely N-dealkylation sites (tertiary alicyclic amines) is 1. The highest BCUT2D eigenvalue weighted by Crippen LogP contribution is 2.32. The lowest BCUT2D eigenvalue weighted by Gasteiger charge is -2.32. The Kier molecular flexibility index (Phi) is 4.41. The highest BCUT2D eigenvalue weighted by atomic mass is 16.5. The van der Waals surface area contributed by atoms with Crippen molar-refractivity contribution in [2.75, 3.05) is 20.2 Å². The number of methoxy groups -OCH3 is 1. The van der Waals surface area contributed by atoms with Gasteiger partial charge in [0.05, 0.1) is 7.11 Å². The predicted octanol–water partition coefficient (Wildman–Crippen LogP) is 4.21. The molecule has 3 aromatic rings. The largest absolute Gasteiger partial charge is 0.497 e. The number of ether oxygens (including phenoxy) is 1. The Morgan fingerprint density at radius 2 is 1.81 bits per heavy atom. The molecule has 0 saturated carbocycles. The van der Waals surface area contributed by atoms with E-state index in [1.54, 1.807) is 7.11 Å². The van der Waals surface area contributed by atoms with Crippen molar-refractivity contribution in [2.45, 2.75) is 18.8 Å². The summed E-state index contributed by atoms with van der Waals surface area (Å²) in [6.07, 6.45) is 2.00. The van der Waals surface area contributed by atoms with E-state index in [0.29, 0.717) is 11.5 Å². The van der Waals surface area contributed by atoms with Crippen molar-refractivity contribution in [3.63, 3.8) is 0 Å². The van der Waals surface area contributed by atoms with Gasteiger partial charge in [-0.2, -0.15) is 0 Å². The third-order valence-electron chi connectivity index (χ3n) is 5.51. The molecule has 1 saturated heterocycles. The minimum Gasteiger partial charge on any atom is -0.497 e. The molecule has 0 aliphatic carbocycles. The Bertz CT molecular complexity index is 936. The van der Waals surface area contributed by atoms with Crippen LogP contribution in [0.5, 0.6) is 5.75 Å². The van der Waals surface area contributed by atoms with E-state index in [9.17, 15) is 4.79 Å². The molecule has 1 aliphatic rings. The molecule has 2 heterocycles. The van der Waals surface area contributed by atoms with Gasteiger partial charge >= 0.3 is 0 Å². The van der Waals surface area contributed by atoms with Crippen LogP contribution in [0.25, 0.3) is 10.9 Å². The summed E-state index contributed by atoms with van der Waals surface area (Å²) in [6, 6.07) is 18.2. The molecule has 4 heteroatoms. The molecule has 4 nitrogen and oxygen atoms in total. The van der Waals surface area contributed by atoms with Gasteiger partial charge in [-0.05, 0) is 48.6 Å². The first kappa shape index (κ1) is 16.7. The average molecular weight is 348 g/mol. The summed E-state index contributed by atoms with van der Waals surface area (Å²) in [5.41, 5.74) is 3.35. The first-order valence-electron chi connectivity index (χ1n) is 9.15. The van der Waals surface area contributed by atoms with Crippen LogP contribution in [0.4, 0.5) is 0 Å². The van der Waals surface area contributed by atoms with Crippen LogP contribution >= 0.6 is 0 Å². The number of benzene rings is 2. The van der Waals surface area contributed by atoms with E-state index in [-0.39, 0.29) is 5.91 Å². The van der Waals surface area contributed by atoms with Gasteiger partial charge in [0.2, 0.25) is 0 Å². The summed E-state index contributed by atoms with van der Waals surface area (Å²) in [4.78, 5) is 14.8. The summed E-state index contributed by atoms with van der Waals surface area (Å²) in [5, 5.41) is 1.29. The predicted molar refractivity (Wildman–Crippen MR) is 104 cm³/mol. The Morgan fingerprint density at radius 3 is 2.54 bits per heavy atom. The maximum Gasteiger partial charge on any atom is 0.253 e. The normalized spacial score (nSPS) is 15.4. The van der Waals surface area contributed by atoms with Gasteiger partial charge in [0.1, 0.15) is 5.75 Å². The van der Waals surface area contributed by atoms with Gasteiger partial charge in [0.15, 0.2) is 0 Å². The molecule has 1 aliphatic heterocycles. The number of rotatable bonds is 3. The van der Waals surface area contributed by atoms with Crippen LogP contribution < -0.4 is 4.74 Å². The number of amides is 1. The van der Waals surface area contributed by atoms with Crippen molar-refractivity contribution in [2.24, 2.45) is 7.05 Å². The minimum absolute atomic E-state index is 0.0967. The number of fused-ring (bicyclic) bond motifs is 1. The second-order valence-corrected chi connectivity index (χ2v) is 6.99. The first-order chi connectivity index (χ1) is 12.7. The van der Waals surface area contributed by atoms with Crippen molar-refractivity contribution in [1.82, 2.24) is 9.47 Å². The fraction of sp³-hybridized carbons (Fsp3) is 0.318. The van der Waals surface area contributed by atoms with E-state index in [1.807, 2.05) is 29.2 Å². The van der Waals surface area contributed by atoms with Gasteiger partial charge in [-0.15, -0.1) is 0 Å². The SMILES string of the molecule is COc1cccc(C(=O)N2CCC(c3cc4ccccc4n3C)CC2)c1. The van der Waals surface area contributed by atoms with E-state index < -0.39 is 0 Å². The lowest BCUT2D eigenvalue weighted by Crippen LogP contribution is -2.38. The van der Waals surface area contributed by atoms with Crippen molar-refractivity contribution in [3.8, 4) is 5.75 Å². The van der Waals surface area contributed by atoms with Crippen LogP contribution in [0.1, 0.15) is 34.8 Å². The standard InChI is InChI=1S/C22H24N2O2/c1-23-20-9-4-3-6-17(20)15-21(23)16-10-12-24(13-11-16)22(25)18-7-5-8-19(14-18)26-2/h3-9,14-16H,10-13H2,1-2H3. The zero-order valence-electron chi connectivity index (χ0n) is 15.3. The number of para-hydroxylation sites is 1. The van der Waals surface area contributed by atoms with Crippen molar-refractivity contribution >= 4 is 16.8 Å². The van der Waals surface area contributed by atoms with E-state index in [4.69, 9.17) is 4.74 Å². The fourth-order valence-electron chi connectivity index (χ4n) is 4.02. The van der Waals surface area contributed by atoms with E-state index in [0.717, 1.165) is 31.7 Å². The second kappa shape index (κ2) is 6.87. The van der Waals surface area contributed by atoms with Crippen LogP contribution in [0.2, 0.25) is 0 Å². The zero-order valence-corrected chi connectivity index (χ0v) is 15.3. The lowest BCUT2D eigenvalue weighted by molar-refractivity contribution is 0.0711. The smallest absolute Gasteiger partial charge is 0.253 e. The molecule has 1 aromatic heterocycles. The highest BCUT2D eigenvalue weighted by molar-refractivity contribution is 5.94. The minimum atomic E-state index is 0.0967. The van der Waals surface area contributed by atoms with Gasteiger partial charge in [0.25, 0.3) is 5.91 Å². The molecule has 0 radical (unpaired) electrons. The summed E-state index contributed by atoms with van der Waals surface area (Å²) in [7, 11) is 3.77. The van der Waals surface area contributed by atoms with Crippen molar-refractivity contribution in [1.29, 1.82) is 0 Å².